The minimum atomic E-state index is 0.269. The molecule has 0 fully saturated rings. The molecule has 2 nitrogen and oxygen atoms in total. The Morgan fingerprint density at radius 3 is 2.79 bits per heavy atom. The SMILES string of the molecule is CCC(C)OCc1ccc(Cl)cc1N. The predicted molar refractivity (Wildman–Crippen MR) is 60.4 cm³/mol. The number of anilines is 1. The molecule has 0 amide bonds. The van der Waals surface area contributed by atoms with Crippen LogP contribution < -0.4 is 5.73 Å². The maximum absolute atomic E-state index is 5.79. The van der Waals surface area contributed by atoms with Crippen LogP contribution in [0.2, 0.25) is 5.02 Å². The lowest BCUT2D eigenvalue weighted by Crippen LogP contribution is -2.07. The van der Waals surface area contributed by atoms with E-state index in [0.717, 1.165) is 12.0 Å². The van der Waals surface area contributed by atoms with Gasteiger partial charge in [0.25, 0.3) is 0 Å². The van der Waals surface area contributed by atoms with Crippen molar-refractivity contribution < 1.29 is 4.74 Å². The Morgan fingerprint density at radius 1 is 1.50 bits per heavy atom. The first-order valence-electron chi connectivity index (χ1n) is 4.79. The number of hydrogen-bond donors (Lipinski definition) is 1. The highest BCUT2D eigenvalue weighted by Crippen LogP contribution is 2.19. The van der Waals surface area contributed by atoms with Gasteiger partial charge in [0.15, 0.2) is 0 Å². The smallest absolute Gasteiger partial charge is 0.0740 e. The zero-order valence-corrected chi connectivity index (χ0v) is 9.34. The second kappa shape index (κ2) is 5.23. The molecular formula is C11H16ClNO. The highest BCUT2D eigenvalue weighted by molar-refractivity contribution is 6.30. The molecular weight excluding hydrogens is 198 g/mol. The summed E-state index contributed by atoms with van der Waals surface area (Å²) in [6, 6.07) is 5.48. The minimum absolute atomic E-state index is 0.269. The fourth-order valence-corrected chi connectivity index (χ4v) is 1.23. The molecule has 3 heteroatoms. The summed E-state index contributed by atoms with van der Waals surface area (Å²) in [6.45, 7) is 4.69. The molecule has 2 N–H and O–H groups in total. The summed E-state index contributed by atoms with van der Waals surface area (Å²) < 4.78 is 5.57. The number of hydrogen-bond acceptors (Lipinski definition) is 2. The molecule has 0 aliphatic rings. The van der Waals surface area contributed by atoms with E-state index in [9.17, 15) is 0 Å². The average molecular weight is 214 g/mol. The van der Waals surface area contributed by atoms with Gasteiger partial charge < -0.3 is 10.5 Å². The average Bonchev–Trinajstić information content (AvgIpc) is 2.16. The highest BCUT2D eigenvalue weighted by atomic mass is 35.5. The van der Waals surface area contributed by atoms with E-state index in [0.29, 0.717) is 17.3 Å². The van der Waals surface area contributed by atoms with Crippen LogP contribution in [0.4, 0.5) is 5.69 Å². The molecule has 1 aromatic rings. The van der Waals surface area contributed by atoms with Crippen LogP contribution >= 0.6 is 11.6 Å². The Kier molecular flexibility index (Phi) is 4.23. The zero-order valence-electron chi connectivity index (χ0n) is 8.59. The summed E-state index contributed by atoms with van der Waals surface area (Å²) in [7, 11) is 0. The molecule has 0 bridgehead atoms. The van der Waals surface area contributed by atoms with Gasteiger partial charge in [0.2, 0.25) is 0 Å². The summed E-state index contributed by atoms with van der Waals surface area (Å²) in [5.41, 5.74) is 7.47. The maximum atomic E-state index is 5.79. The van der Waals surface area contributed by atoms with Gasteiger partial charge >= 0.3 is 0 Å². The van der Waals surface area contributed by atoms with E-state index in [4.69, 9.17) is 22.1 Å². The fourth-order valence-electron chi connectivity index (χ4n) is 1.05. The summed E-state index contributed by atoms with van der Waals surface area (Å²) in [6.07, 6.45) is 1.28. The van der Waals surface area contributed by atoms with Gasteiger partial charge in [0.1, 0.15) is 0 Å². The third kappa shape index (κ3) is 3.20. The van der Waals surface area contributed by atoms with E-state index in [1.165, 1.54) is 0 Å². The first-order valence-corrected chi connectivity index (χ1v) is 5.16. The molecule has 0 spiro atoms. The third-order valence-corrected chi connectivity index (χ3v) is 2.44. The van der Waals surface area contributed by atoms with Gasteiger partial charge in [-0.1, -0.05) is 24.6 Å². The van der Waals surface area contributed by atoms with Gasteiger partial charge in [0.05, 0.1) is 12.7 Å². The van der Waals surface area contributed by atoms with Crippen molar-refractivity contribution in [1.82, 2.24) is 0 Å². The summed E-state index contributed by atoms with van der Waals surface area (Å²) >= 11 is 5.79. The lowest BCUT2D eigenvalue weighted by Gasteiger charge is -2.11. The van der Waals surface area contributed by atoms with Gasteiger partial charge in [0, 0.05) is 16.3 Å². The van der Waals surface area contributed by atoms with Crippen LogP contribution in [0, 0.1) is 0 Å². The molecule has 78 valence electrons. The first kappa shape index (κ1) is 11.3. The minimum Gasteiger partial charge on any atom is -0.398 e. The molecule has 0 saturated heterocycles. The Hall–Kier alpha value is -0.730. The molecule has 0 aliphatic carbocycles. The molecule has 1 unspecified atom stereocenters. The van der Waals surface area contributed by atoms with E-state index < -0.39 is 0 Å². The monoisotopic (exact) mass is 213 g/mol. The van der Waals surface area contributed by atoms with E-state index in [2.05, 4.69) is 6.92 Å². The van der Waals surface area contributed by atoms with Crippen molar-refractivity contribution in [3.05, 3.63) is 28.8 Å². The number of benzene rings is 1. The Morgan fingerprint density at radius 2 is 2.21 bits per heavy atom. The molecule has 1 atom stereocenters. The van der Waals surface area contributed by atoms with Crippen LogP contribution in [0.1, 0.15) is 25.8 Å². The quantitative estimate of drug-likeness (QED) is 0.780. The molecule has 0 aliphatic heterocycles. The number of halogens is 1. The van der Waals surface area contributed by atoms with Crippen molar-refractivity contribution in [3.8, 4) is 0 Å². The van der Waals surface area contributed by atoms with Crippen molar-refractivity contribution in [2.45, 2.75) is 33.0 Å². The van der Waals surface area contributed by atoms with E-state index in [1.54, 1.807) is 6.07 Å². The van der Waals surface area contributed by atoms with Crippen molar-refractivity contribution in [2.24, 2.45) is 0 Å². The largest absolute Gasteiger partial charge is 0.398 e. The van der Waals surface area contributed by atoms with Crippen LogP contribution in [-0.4, -0.2) is 6.10 Å². The van der Waals surface area contributed by atoms with E-state index in [-0.39, 0.29) is 6.10 Å². The zero-order chi connectivity index (χ0) is 10.6. The predicted octanol–water partition coefficient (Wildman–Crippen LogP) is 3.24. The standard InChI is InChI=1S/C11H16ClNO/c1-3-8(2)14-7-9-4-5-10(12)6-11(9)13/h4-6,8H,3,7,13H2,1-2H3. The highest BCUT2D eigenvalue weighted by Gasteiger charge is 2.03. The van der Waals surface area contributed by atoms with Crippen LogP contribution in [0.5, 0.6) is 0 Å². The summed E-state index contributed by atoms with van der Waals surface area (Å²) in [4.78, 5) is 0. The van der Waals surface area contributed by atoms with Gasteiger partial charge in [-0.15, -0.1) is 0 Å². The molecule has 0 saturated carbocycles. The molecule has 1 aromatic carbocycles. The van der Waals surface area contributed by atoms with Crippen molar-refractivity contribution in [3.63, 3.8) is 0 Å². The Labute approximate surface area is 90.0 Å². The van der Waals surface area contributed by atoms with Crippen LogP contribution in [0.15, 0.2) is 18.2 Å². The third-order valence-electron chi connectivity index (χ3n) is 2.21. The lowest BCUT2D eigenvalue weighted by molar-refractivity contribution is 0.0512. The number of nitrogen functional groups attached to an aromatic ring is 1. The van der Waals surface area contributed by atoms with Crippen LogP contribution in [-0.2, 0) is 11.3 Å². The number of nitrogens with two attached hydrogens (primary N) is 1. The Bertz CT molecular complexity index is 301. The summed E-state index contributed by atoms with van der Waals surface area (Å²) in [5, 5.41) is 0.662. The lowest BCUT2D eigenvalue weighted by atomic mass is 10.2. The maximum Gasteiger partial charge on any atom is 0.0740 e. The normalized spacial score (nSPS) is 12.8. The van der Waals surface area contributed by atoms with Crippen molar-refractivity contribution >= 4 is 17.3 Å². The first-order chi connectivity index (χ1) is 6.63. The van der Waals surface area contributed by atoms with Gasteiger partial charge in [-0.3, -0.25) is 0 Å². The van der Waals surface area contributed by atoms with Gasteiger partial charge in [-0.05, 0) is 25.5 Å². The molecule has 1 rings (SSSR count). The van der Waals surface area contributed by atoms with Crippen LogP contribution in [0.25, 0.3) is 0 Å². The molecule has 0 heterocycles. The van der Waals surface area contributed by atoms with E-state index >= 15 is 0 Å². The second-order valence-corrected chi connectivity index (χ2v) is 3.81. The van der Waals surface area contributed by atoms with Crippen LogP contribution in [0.3, 0.4) is 0 Å². The molecule has 0 aromatic heterocycles. The van der Waals surface area contributed by atoms with Crippen molar-refractivity contribution in [2.75, 3.05) is 5.73 Å². The number of ether oxygens (including phenoxy) is 1. The fraction of sp³-hybridized carbons (Fsp3) is 0.455. The van der Waals surface area contributed by atoms with E-state index in [1.807, 2.05) is 19.1 Å². The van der Waals surface area contributed by atoms with Crippen molar-refractivity contribution in [1.29, 1.82) is 0 Å². The number of rotatable bonds is 4. The second-order valence-electron chi connectivity index (χ2n) is 3.37. The molecule has 0 radical (unpaired) electrons. The topological polar surface area (TPSA) is 35.2 Å². The Balaban J connectivity index is 2.59. The van der Waals surface area contributed by atoms with Gasteiger partial charge in [-0.2, -0.15) is 0 Å². The van der Waals surface area contributed by atoms with Gasteiger partial charge in [-0.25, -0.2) is 0 Å². The summed E-state index contributed by atoms with van der Waals surface area (Å²) in [5.74, 6) is 0. The molecule has 14 heavy (non-hydrogen) atoms.